The van der Waals surface area contributed by atoms with Crippen LogP contribution in [-0.4, -0.2) is 16.2 Å². The maximum atomic E-state index is 12.4. The van der Waals surface area contributed by atoms with Gasteiger partial charge < -0.3 is 10.5 Å². The lowest BCUT2D eigenvalue weighted by atomic mass is 10.2. The first-order chi connectivity index (χ1) is 10.0. The summed E-state index contributed by atoms with van der Waals surface area (Å²) >= 11 is 0. The van der Waals surface area contributed by atoms with E-state index >= 15 is 0 Å². The molecule has 1 unspecified atom stereocenters. The minimum Gasteiger partial charge on any atom is -0.497 e. The van der Waals surface area contributed by atoms with E-state index in [4.69, 9.17) is 10.5 Å². The van der Waals surface area contributed by atoms with Crippen molar-refractivity contribution in [2.75, 3.05) is 12.8 Å². The Bertz CT molecular complexity index is 686. The fourth-order valence-corrected chi connectivity index (χ4v) is 3.01. The Hall–Kier alpha value is -2.41. The van der Waals surface area contributed by atoms with E-state index < -0.39 is 15.7 Å². The van der Waals surface area contributed by atoms with Crippen LogP contribution in [0.1, 0.15) is 5.56 Å². The molecule has 6 nitrogen and oxygen atoms in total. The number of rotatable bonds is 5. The molecule has 0 aliphatic carbocycles. The average molecular weight is 306 g/mol. The summed E-state index contributed by atoms with van der Waals surface area (Å²) in [4.78, 5) is 10.6. The highest BCUT2D eigenvalue weighted by molar-refractivity contribution is 7.84. The number of nitro groups is 1. The molecule has 2 rings (SSSR count). The second-order valence-corrected chi connectivity index (χ2v) is 5.74. The molecule has 0 amide bonds. The molecule has 0 aliphatic heterocycles. The zero-order valence-corrected chi connectivity index (χ0v) is 12.1. The van der Waals surface area contributed by atoms with E-state index in [0.29, 0.717) is 16.3 Å². The van der Waals surface area contributed by atoms with Crippen LogP contribution in [0.2, 0.25) is 0 Å². The summed E-state index contributed by atoms with van der Waals surface area (Å²) in [6.07, 6.45) is 0. The van der Waals surface area contributed by atoms with Crippen molar-refractivity contribution in [1.29, 1.82) is 0 Å². The molecule has 0 aliphatic rings. The van der Waals surface area contributed by atoms with Crippen molar-refractivity contribution in [1.82, 2.24) is 0 Å². The monoisotopic (exact) mass is 306 g/mol. The summed E-state index contributed by atoms with van der Waals surface area (Å²) in [6.45, 7) is 0. The maximum absolute atomic E-state index is 12.4. The van der Waals surface area contributed by atoms with E-state index in [2.05, 4.69) is 0 Å². The number of hydrogen-bond donors (Lipinski definition) is 1. The number of nitrogen functional groups attached to an aromatic ring is 1. The molecule has 110 valence electrons. The molecule has 0 heterocycles. The Morgan fingerprint density at radius 1 is 1.24 bits per heavy atom. The third kappa shape index (κ3) is 3.57. The topological polar surface area (TPSA) is 95.5 Å². The lowest BCUT2D eigenvalue weighted by molar-refractivity contribution is -0.384. The van der Waals surface area contributed by atoms with Gasteiger partial charge in [-0.3, -0.25) is 14.3 Å². The minimum atomic E-state index is -1.35. The molecule has 0 fully saturated rings. The first-order valence-corrected chi connectivity index (χ1v) is 7.38. The van der Waals surface area contributed by atoms with Gasteiger partial charge in [0.15, 0.2) is 0 Å². The highest BCUT2D eigenvalue weighted by Gasteiger charge is 2.12. The number of nitro benzene ring substituents is 1. The number of benzene rings is 2. The van der Waals surface area contributed by atoms with Gasteiger partial charge in [-0.15, -0.1) is 0 Å². The second kappa shape index (κ2) is 6.36. The van der Waals surface area contributed by atoms with Crippen LogP contribution in [0.25, 0.3) is 0 Å². The van der Waals surface area contributed by atoms with Crippen molar-refractivity contribution in [3.63, 3.8) is 0 Å². The Labute approximate surface area is 124 Å². The molecule has 0 spiro atoms. The Morgan fingerprint density at radius 2 is 1.90 bits per heavy atom. The number of nitrogens with two attached hydrogens (primary N) is 1. The van der Waals surface area contributed by atoms with Gasteiger partial charge >= 0.3 is 0 Å². The van der Waals surface area contributed by atoms with Gasteiger partial charge in [-0.1, -0.05) is 12.1 Å². The third-order valence-electron chi connectivity index (χ3n) is 2.91. The molecule has 2 aromatic rings. The molecule has 2 N–H and O–H groups in total. The summed E-state index contributed by atoms with van der Waals surface area (Å²) in [5.74, 6) is 0.811. The van der Waals surface area contributed by atoms with Crippen LogP contribution in [0.4, 0.5) is 11.4 Å². The van der Waals surface area contributed by atoms with Gasteiger partial charge in [-0.2, -0.15) is 0 Å². The molecule has 0 saturated carbocycles. The average Bonchev–Trinajstić information content (AvgIpc) is 2.48. The molecule has 0 saturated heterocycles. The van der Waals surface area contributed by atoms with E-state index in [0.717, 1.165) is 5.56 Å². The molecule has 0 radical (unpaired) electrons. The van der Waals surface area contributed by atoms with Gasteiger partial charge in [0, 0.05) is 17.8 Å². The Morgan fingerprint density at radius 3 is 2.48 bits per heavy atom. The van der Waals surface area contributed by atoms with Crippen LogP contribution in [0.5, 0.6) is 5.75 Å². The van der Waals surface area contributed by atoms with Crippen molar-refractivity contribution in [2.24, 2.45) is 0 Å². The highest BCUT2D eigenvalue weighted by Crippen LogP contribution is 2.25. The standard InChI is InChI=1S/C14H14N2O4S/c1-20-12-6-7-13(15)14(8-12)21(19)9-10-2-4-11(5-3-10)16(17)18/h2-8H,9,15H2,1H3. The molecule has 0 bridgehead atoms. The van der Waals surface area contributed by atoms with Crippen molar-refractivity contribution in [3.8, 4) is 5.75 Å². The molecule has 2 aromatic carbocycles. The molecule has 0 aromatic heterocycles. The van der Waals surface area contributed by atoms with Crippen LogP contribution in [0.3, 0.4) is 0 Å². The lowest BCUT2D eigenvalue weighted by Gasteiger charge is -2.08. The van der Waals surface area contributed by atoms with E-state index in [-0.39, 0.29) is 11.4 Å². The fraction of sp³-hybridized carbons (Fsp3) is 0.143. The number of methoxy groups -OCH3 is 1. The predicted octanol–water partition coefficient (Wildman–Crippen LogP) is 2.49. The van der Waals surface area contributed by atoms with Crippen LogP contribution < -0.4 is 10.5 Å². The normalized spacial score (nSPS) is 11.9. The van der Waals surface area contributed by atoms with Gasteiger partial charge in [0.05, 0.1) is 33.5 Å². The van der Waals surface area contributed by atoms with Gasteiger partial charge in [-0.25, -0.2) is 0 Å². The van der Waals surface area contributed by atoms with Crippen molar-refractivity contribution >= 4 is 22.2 Å². The van der Waals surface area contributed by atoms with Crippen molar-refractivity contribution in [3.05, 3.63) is 58.1 Å². The van der Waals surface area contributed by atoms with Crippen LogP contribution in [0.15, 0.2) is 47.4 Å². The van der Waals surface area contributed by atoms with E-state index in [1.807, 2.05) is 0 Å². The summed E-state index contributed by atoms with van der Waals surface area (Å²) in [6, 6.07) is 10.9. The molecule has 21 heavy (non-hydrogen) atoms. The summed E-state index contributed by atoms with van der Waals surface area (Å²) in [7, 11) is 0.172. The predicted molar refractivity (Wildman–Crippen MR) is 80.6 cm³/mol. The van der Waals surface area contributed by atoms with Crippen LogP contribution >= 0.6 is 0 Å². The van der Waals surface area contributed by atoms with E-state index in [9.17, 15) is 14.3 Å². The fourth-order valence-electron chi connectivity index (χ4n) is 1.78. The summed E-state index contributed by atoms with van der Waals surface area (Å²) in [5.41, 5.74) is 6.99. The molecular weight excluding hydrogens is 292 g/mol. The quantitative estimate of drug-likeness (QED) is 0.520. The van der Waals surface area contributed by atoms with E-state index in [1.54, 1.807) is 30.3 Å². The third-order valence-corrected chi connectivity index (χ3v) is 4.35. The molecule has 1 atom stereocenters. The zero-order valence-electron chi connectivity index (χ0n) is 11.3. The summed E-state index contributed by atoms with van der Waals surface area (Å²) in [5, 5.41) is 10.6. The minimum absolute atomic E-state index is 0.00502. The first kappa shape index (κ1) is 15.0. The van der Waals surface area contributed by atoms with Crippen molar-refractivity contribution in [2.45, 2.75) is 10.6 Å². The van der Waals surface area contributed by atoms with Gasteiger partial charge in [-0.05, 0) is 23.8 Å². The Kier molecular flexibility index (Phi) is 4.54. The van der Waals surface area contributed by atoms with Crippen molar-refractivity contribution < 1.29 is 13.9 Å². The molecular formula is C14H14N2O4S. The first-order valence-electron chi connectivity index (χ1n) is 6.06. The Balaban J connectivity index is 2.19. The number of nitrogens with zero attached hydrogens (tertiary/aromatic N) is 1. The van der Waals surface area contributed by atoms with Gasteiger partial charge in [0.25, 0.3) is 5.69 Å². The number of hydrogen-bond acceptors (Lipinski definition) is 5. The SMILES string of the molecule is COc1ccc(N)c(S(=O)Cc2ccc([N+](=O)[O-])cc2)c1. The largest absolute Gasteiger partial charge is 0.497 e. The maximum Gasteiger partial charge on any atom is 0.269 e. The molecule has 7 heteroatoms. The van der Waals surface area contributed by atoms with E-state index in [1.165, 1.54) is 19.2 Å². The van der Waals surface area contributed by atoms with Gasteiger partial charge in [0.1, 0.15) is 5.75 Å². The van der Waals surface area contributed by atoms with Crippen LogP contribution in [-0.2, 0) is 16.6 Å². The number of anilines is 1. The second-order valence-electron chi connectivity index (χ2n) is 4.32. The van der Waals surface area contributed by atoms with Crippen LogP contribution in [0, 0.1) is 10.1 Å². The highest BCUT2D eigenvalue weighted by atomic mass is 32.2. The number of ether oxygens (including phenoxy) is 1. The smallest absolute Gasteiger partial charge is 0.269 e. The number of non-ortho nitro benzene ring substituents is 1. The van der Waals surface area contributed by atoms with Gasteiger partial charge in [0.2, 0.25) is 0 Å². The zero-order chi connectivity index (χ0) is 15.4. The lowest BCUT2D eigenvalue weighted by Crippen LogP contribution is -2.01. The summed E-state index contributed by atoms with van der Waals surface area (Å²) < 4.78 is 17.5.